The summed E-state index contributed by atoms with van der Waals surface area (Å²) in [5.74, 6) is -0.210. The first-order valence-corrected chi connectivity index (χ1v) is 9.79. The molecule has 0 spiro atoms. The maximum absolute atomic E-state index is 12.6. The molecule has 0 fully saturated rings. The smallest absolute Gasteiger partial charge is 0.304 e. The van der Waals surface area contributed by atoms with E-state index in [9.17, 15) is 13.2 Å². The van der Waals surface area contributed by atoms with Crippen LogP contribution in [0.5, 0.6) is 0 Å². The number of hydrogen-bond acceptors (Lipinski definition) is 3. The Morgan fingerprint density at radius 2 is 1.54 bits per heavy atom. The Bertz CT molecular complexity index is 808. The minimum atomic E-state index is -3.77. The highest BCUT2D eigenvalue weighted by molar-refractivity contribution is 7.90. The molecular formula is C19H25N3O3S. The Kier molecular flexibility index (Phi) is 6.76. The second-order valence-electron chi connectivity index (χ2n) is 6.25. The summed E-state index contributed by atoms with van der Waals surface area (Å²) in [5.41, 5.74) is 1.57. The lowest BCUT2D eigenvalue weighted by Gasteiger charge is -2.27. The zero-order chi connectivity index (χ0) is 19.2. The predicted octanol–water partition coefficient (Wildman–Crippen LogP) is 2.22. The van der Waals surface area contributed by atoms with Crippen molar-refractivity contribution in [2.75, 3.05) is 31.5 Å². The number of benzene rings is 2. The van der Waals surface area contributed by atoms with Crippen molar-refractivity contribution in [2.24, 2.45) is 0 Å². The first-order chi connectivity index (χ1) is 12.3. The highest BCUT2D eigenvalue weighted by Gasteiger charge is 2.27. The number of amides is 1. The number of para-hydroxylation sites is 1. The third-order valence-electron chi connectivity index (χ3n) is 4.05. The molecule has 0 aliphatic heterocycles. The Labute approximate surface area is 155 Å². The molecule has 1 N–H and O–H groups in total. The lowest BCUT2D eigenvalue weighted by Crippen LogP contribution is -2.46. The molecule has 7 heteroatoms. The highest BCUT2D eigenvalue weighted by atomic mass is 32.2. The van der Waals surface area contributed by atoms with E-state index in [0.717, 1.165) is 14.2 Å². The molecule has 2 aromatic rings. The Morgan fingerprint density at radius 1 is 1.00 bits per heavy atom. The summed E-state index contributed by atoms with van der Waals surface area (Å²) in [7, 11) is -0.882. The minimum absolute atomic E-state index is 0.135. The predicted molar refractivity (Wildman–Crippen MR) is 104 cm³/mol. The number of nitrogens with zero attached hydrogens (tertiary/aromatic N) is 2. The van der Waals surface area contributed by atoms with Crippen LogP contribution in [0.4, 0.5) is 5.69 Å². The molecule has 26 heavy (non-hydrogen) atoms. The average molecular weight is 375 g/mol. The van der Waals surface area contributed by atoms with Crippen LogP contribution in [0.2, 0.25) is 0 Å². The third kappa shape index (κ3) is 5.06. The van der Waals surface area contributed by atoms with Gasteiger partial charge in [-0.15, -0.1) is 0 Å². The zero-order valence-corrected chi connectivity index (χ0v) is 16.1. The van der Waals surface area contributed by atoms with Gasteiger partial charge in [-0.05, 0) is 23.6 Å². The quantitative estimate of drug-likeness (QED) is 0.769. The number of rotatable bonds is 8. The topological polar surface area (TPSA) is 69.7 Å². The van der Waals surface area contributed by atoms with E-state index >= 15 is 0 Å². The molecule has 0 radical (unpaired) electrons. The van der Waals surface area contributed by atoms with Crippen molar-refractivity contribution in [1.29, 1.82) is 0 Å². The molecule has 0 aliphatic carbocycles. The first kappa shape index (κ1) is 19.9. The summed E-state index contributed by atoms with van der Waals surface area (Å²) >= 11 is 0. The normalized spacial score (nSPS) is 12.6. The molecule has 2 rings (SSSR count). The van der Waals surface area contributed by atoms with Crippen LogP contribution in [0, 0.1) is 0 Å². The lowest BCUT2D eigenvalue weighted by molar-refractivity contribution is -0.119. The van der Waals surface area contributed by atoms with Gasteiger partial charge in [0.05, 0.1) is 5.69 Å². The summed E-state index contributed by atoms with van der Waals surface area (Å²) in [6.45, 7) is 2.18. The fourth-order valence-corrected chi connectivity index (χ4v) is 3.51. The molecule has 1 amide bonds. The van der Waals surface area contributed by atoms with Crippen LogP contribution < -0.4 is 9.62 Å². The van der Waals surface area contributed by atoms with Gasteiger partial charge >= 0.3 is 10.2 Å². The van der Waals surface area contributed by atoms with Crippen molar-refractivity contribution in [3.05, 3.63) is 66.2 Å². The van der Waals surface area contributed by atoms with Crippen LogP contribution in [0.3, 0.4) is 0 Å². The minimum Gasteiger partial charge on any atom is -0.354 e. The van der Waals surface area contributed by atoms with E-state index in [1.165, 1.54) is 14.1 Å². The molecule has 0 saturated heterocycles. The highest BCUT2D eigenvalue weighted by Crippen LogP contribution is 2.19. The molecule has 2 aromatic carbocycles. The number of carbonyl (C=O) groups is 1. The van der Waals surface area contributed by atoms with Gasteiger partial charge < -0.3 is 5.32 Å². The maximum Gasteiger partial charge on any atom is 0.304 e. The van der Waals surface area contributed by atoms with Gasteiger partial charge in [0.1, 0.15) is 6.54 Å². The molecular weight excluding hydrogens is 350 g/mol. The summed E-state index contributed by atoms with van der Waals surface area (Å²) in [5, 5.41) is 2.83. The summed E-state index contributed by atoms with van der Waals surface area (Å²) in [6, 6.07) is 18.5. The largest absolute Gasteiger partial charge is 0.354 e. The van der Waals surface area contributed by atoms with Crippen LogP contribution in [-0.4, -0.2) is 45.8 Å². The van der Waals surface area contributed by atoms with E-state index in [-0.39, 0.29) is 18.4 Å². The van der Waals surface area contributed by atoms with Gasteiger partial charge in [-0.3, -0.25) is 4.79 Å². The van der Waals surface area contributed by atoms with Gasteiger partial charge in [-0.1, -0.05) is 55.5 Å². The molecule has 0 aromatic heterocycles. The van der Waals surface area contributed by atoms with Gasteiger partial charge in [0.25, 0.3) is 0 Å². The monoisotopic (exact) mass is 375 g/mol. The molecule has 6 nitrogen and oxygen atoms in total. The summed E-state index contributed by atoms with van der Waals surface area (Å²) < 4.78 is 27.4. The lowest BCUT2D eigenvalue weighted by atomic mass is 10.0. The van der Waals surface area contributed by atoms with E-state index in [2.05, 4.69) is 5.32 Å². The molecule has 0 saturated carbocycles. The Morgan fingerprint density at radius 3 is 2.08 bits per heavy atom. The average Bonchev–Trinajstić information content (AvgIpc) is 2.65. The summed E-state index contributed by atoms with van der Waals surface area (Å²) in [6.07, 6.45) is 0. The van der Waals surface area contributed by atoms with E-state index in [0.29, 0.717) is 12.2 Å². The second kappa shape index (κ2) is 8.82. The zero-order valence-electron chi connectivity index (χ0n) is 15.3. The SMILES string of the molecule is C[C@@H](CNC(=O)CN(c1ccccc1)S(=O)(=O)N(C)C)c1ccccc1. The van der Waals surface area contributed by atoms with Crippen LogP contribution >= 0.6 is 0 Å². The number of nitrogens with one attached hydrogen (secondary N) is 1. The van der Waals surface area contributed by atoms with E-state index in [1.807, 2.05) is 37.3 Å². The van der Waals surface area contributed by atoms with Crippen molar-refractivity contribution in [3.63, 3.8) is 0 Å². The van der Waals surface area contributed by atoms with Crippen molar-refractivity contribution in [1.82, 2.24) is 9.62 Å². The third-order valence-corrected chi connectivity index (χ3v) is 5.87. The van der Waals surface area contributed by atoms with Gasteiger partial charge in [-0.2, -0.15) is 12.7 Å². The Hall–Kier alpha value is -2.38. The molecule has 1 atom stereocenters. The Balaban J connectivity index is 2.07. The standard InChI is InChI=1S/C19H25N3O3S/c1-16(17-10-6-4-7-11-17)14-20-19(23)15-22(26(24,25)21(2)3)18-12-8-5-9-13-18/h4-13,16H,14-15H2,1-3H3,(H,20,23)/t16-/m0/s1. The van der Waals surface area contributed by atoms with Crippen molar-refractivity contribution < 1.29 is 13.2 Å². The van der Waals surface area contributed by atoms with Gasteiger partial charge in [0.2, 0.25) is 5.91 Å². The van der Waals surface area contributed by atoms with E-state index in [1.54, 1.807) is 30.3 Å². The maximum atomic E-state index is 12.6. The van der Waals surface area contributed by atoms with Crippen LogP contribution in [0.1, 0.15) is 18.4 Å². The molecule has 0 unspecified atom stereocenters. The first-order valence-electron chi connectivity index (χ1n) is 8.39. The molecule has 0 bridgehead atoms. The number of carbonyl (C=O) groups excluding carboxylic acids is 1. The molecule has 140 valence electrons. The van der Waals surface area contributed by atoms with Crippen LogP contribution in [-0.2, 0) is 15.0 Å². The van der Waals surface area contributed by atoms with Crippen molar-refractivity contribution in [3.8, 4) is 0 Å². The number of anilines is 1. The fourth-order valence-electron chi connectivity index (χ4n) is 2.45. The number of hydrogen-bond donors (Lipinski definition) is 1. The van der Waals surface area contributed by atoms with E-state index in [4.69, 9.17) is 0 Å². The van der Waals surface area contributed by atoms with Gasteiger partial charge in [0, 0.05) is 20.6 Å². The van der Waals surface area contributed by atoms with Crippen LogP contribution in [0.25, 0.3) is 0 Å². The van der Waals surface area contributed by atoms with Crippen molar-refractivity contribution >= 4 is 21.8 Å². The summed E-state index contributed by atoms with van der Waals surface area (Å²) in [4.78, 5) is 12.4. The molecule has 0 aliphatic rings. The van der Waals surface area contributed by atoms with Crippen LogP contribution in [0.15, 0.2) is 60.7 Å². The van der Waals surface area contributed by atoms with Crippen molar-refractivity contribution in [2.45, 2.75) is 12.8 Å². The fraction of sp³-hybridized carbons (Fsp3) is 0.316. The van der Waals surface area contributed by atoms with Gasteiger partial charge in [-0.25, -0.2) is 4.31 Å². The van der Waals surface area contributed by atoms with E-state index < -0.39 is 10.2 Å². The van der Waals surface area contributed by atoms with Gasteiger partial charge in [0.15, 0.2) is 0 Å². The second-order valence-corrected chi connectivity index (χ2v) is 8.31. The molecule has 0 heterocycles.